The summed E-state index contributed by atoms with van der Waals surface area (Å²) in [6.45, 7) is 0.645. The van der Waals surface area contributed by atoms with Crippen molar-refractivity contribution in [3.63, 3.8) is 0 Å². The standard InChI is InChI=1S/C19H20FN5O3S/c1-27-15-4-2-3-5-16(15)28-11-10-22-17(26)12-29-19-24-23-18(25(19)21)13-6-8-14(20)9-7-13/h2-9H,10-12,21H2,1H3,(H,22,26). The Hall–Kier alpha value is -3.27. The van der Waals surface area contributed by atoms with Crippen molar-refractivity contribution in [1.29, 1.82) is 0 Å². The van der Waals surface area contributed by atoms with E-state index < -0.39 is 0 Å². The highest BCUT2D eigenvalue weighted by Gasteiger charge is 2.14. The van der Waals surface area contributed by atoms with E-state index in [0.717, 1.165) is 11.8 Å². The molecule has 0 spiro atoms. The van der Waals surface area contributed by atoms with Gasteiger partial charge < -0.3 is 20.6 Å². The van der Waals surface area contributed by atoms with Crippen LogP contribution in [0.2, 0.25) is 0 Å². The van der Waals surface area contributed by atoms with E-state index in [1.54, 1.807) is 31.4 Å². The maximum atomic E-state index is 13.0. The molecule has 0 radical (unpaired) electrons. The van der Waals surface area contributed by atoms with Crippen LogP contribution in [0.15, 0.2) is 53.7 Å². The molecule has 0 aliphatic carbocycles. The first kappa shape index (κ1) is 20.5. The molecule has 152 valence electrons. The van der Waals surface area contributed by atoms with E-state index in [1.165, 1.54) is 16.8 Å². The molecule has 29 heavy (non-hydrogen) atoms. The van der Waals surface area contributed by atoms with Crippen LogP contribution in [-0.4, -0.2) is 46.8 Å². The van der Waals surface area contributed by atoms with Crippen LogP contribution < -0.4 is 20.6 Å². The third kappa shape index (κ3) is 5.38. The van der Waals surface area contributed by atoms with Gasteiger partial charge in [-0.25, -0.2) is 9.07 Å². The van der Waals surface area contributed by atoms with Crippen LogP contribution in [0.1, 0.15) is 0 Å². The quantitative estimate of drug-likeness (QED) is 0.312. The predicted molar refractivity (Wildman–Crippen MR) is 108 cm³/mol. The number of rotatable bonds is 9. The maximum absolute atomic E-state index is 13.0. The fraction of sp³-hybridized carbons (Fsp3) is 0.211. The topological polar surface area (TPSA) is 104 Å². The van der Waals surface area contributed by atoms with Gasteiger partial charge in [0.25, 0.3) is 0 Å². The van der Waals surface area contributed by atoms with Crippen molar-refractivity contribution >= 4 is 17.7 Å². The number of halogens is 1. The fourth-order valence-electron chi connectivity index (χ4n) is 2.44. The number of nitrogens with two attached hydrogens (primary N) is 1. The summed E-state index contributed by atoms with van der Waals surface area (Å²) in [4.78, 5) is 12.0. The number of hydrogen-bond donors (Lipinski definition) is 2. The third-order valence-corrected chi connectivity index (χ3v) is 4.79. The number of ether oxygens (including phenoxy) is 2. The number of nitrogen functional groups attached to an aromatic ring is 1. The molecule has 3 aromatic rings. The van der Waals surface area contributed by atoms with Crippen LogP contribution in [0.25, 0.3) is 11.4 Å². The van der Waals surface area contributed by atoms with Crippen LogP contribution in [-0.2, 0) is 4.79 Å². The molecular weight excluding hydrogens is 397 g/mol. The number of hydrogen-bond acceptors (Lipinski definition) is 7. The molecule has 3 N–H and O–H groups in total. The molecule has 0 saturated carbocycles. The van der Waals surface area contributed by atoms with Gasteiger partial charge in [-0.1, -0.05) is 23.9 Å². The minimum atomic E-state index is -0.349. The van der Waals surface area contributed by atoms with E-state index in [2.05, 4.69) is 15.5 Å². The Morgan fingerprint density at radius 2 is 1.90 bits per heavy atom. The molecule has 0 atom stereocenters. The van der Waals surface area contributed by atoms with Gasteiger partial charge in [-0.2, -0.15) is 0 Å². The molecule has 0 bridgehead atoms. The van der Waals surface area contributed by atoms with E-state index in [4.69, 9.17) is 15.3 Å². The predicted octanol–water partition coefficient (Wildman–Crippen LogP) is 2.09. The van der Waals surface area contributed by atoms with Gasteiger partial charge in [0.2, 0.25) is 11.1 Å². The number of para-hydroxylation sites is 2. The average molecular weight is 417 g/mol. The molecule has 2 aromatic carbocycles. The van der Waals surface area contributed by atoms with Crippen molar-refractivity contribution in [2.24, 2.45) is 0 Å². The second-order valence-electron chi connectivity index (χ2n) is 5.82. The molecule has 3 rings (SSSR count). The summed E-state index contributed by atoms with van der Waals surface area (Å²) in [5.74, 6) is 7.20. The van der Waals surface area contributed by atoms with Crippen LogP contribution in [0.5, 0.6) is 11.5 Å². The summed E-state index contributed by atoms with van der Waals surface area (Å²) in [5, 5.41) is 11.1. The molecule has 1 heterocycles. The van der Waals surface area contributed by atoms with Gasteiger partial charge in [0.1, 0.15) is 12.4 Å². The summed E-state index contributed by atoms with van der Waals surface area (Å²) >= 11 is 1.15. The minimum Gasteiger partial charge on any atom is -0.493 e. The van der Waals surface area contributed by atoms with Gasteiger partial charge in [-0.3, -0.25) is 4.79 Å². The number of carbonyl (C=O) groups excluding carboxylic acids is 1. The van der Waals surface area contributed by atoms with Crippen LogP contribution >= 0.6 is 11.8 Å². The van der Waals surface area contributed by atoms with Crippen LogP contribution in [0.4, 0.5) is 4.39 Å². The summed E-state index contributed by atoms with van der Waals surface area (Å²) in [5.41, 5.74) is 0.631. The largest absolute Gasteiger partial charge is 0.493 e. The Morgan fingerprint density at radius 1 is 1.17 bits per heavy atom. The normalized spacial score (nSPS) is 10.6. The molecule has 10 heteroatoms. The number of thioether (sulfide) groups is 1. The highest BCUT2D eigenvalue weighted by molar-refractivity contribution is 7.99. The summed E-state index contributed by atoms with van der Waals surface area (Å²) in [6.07, 6.45) is 0. The Bertz CT molecular complexity index is 965. The Morgan fingerprint density at radius 3 is 2.62 bits per heavy atom. The number of nitrogens with zero attached hydrogens (tertiary/aromatic N) is 3. The summed E-state index contributed by atoms with van der Waals surface area (Å²) in [6, 6.07) is 13.0. The van der Waals surface area contributed by atoms with E-state index >= 15 is 0 Å². The smallest absolute Gasteiger partial charge is 0.230 e. The first-order valence-electron chi connectivity index (χ1n) is 8.70. The lowest BCUT2D eigenvalue weighted by molar-refractivity contribution is -0.118. The highest BCUT2D eigenvalue weighted by Crippen LogP contribution is 2.25. The lowest BCUT2D eigenvalue weighted by atomic mass is 10.2. The number of methoxy groups -OCH3 is 1. The molecule has 0 fully saturated rings. The number of nitrogens with one attached hydrogen (secondary N) is 1. The van der Waals surface area contributed by atoms with E-state index in [0.29, 0.717) is 41.2 Å². The van der Waals surface area contributed by atoms with E-state index in [9.17, 15) is 9.18 Å². The van der Waals surface area contributed by atoms with Gasteiger partial charge in [-0.05, 0) is 36.4 Å². The first-order valence-corrected chi connectivity index (χ1v) is 9.69. The van der Waals surface area contributed by atoms with Crippen LogP contribution in [0, 0.1) is 5.82 Å². The lowest BCUT2D eigenvalue weighted by Gasteiger charge is -2.10. The third-order valence-electron chi connectivity index (χ3n) is 3.85. The van der Waals surface area contributed by atoms with Gasteiger partial charge >= 0.3 is 0 Å². The first-order chi connectivity index (χ1) is 14.1. The molecule has 0 unspecified atom stereocenters. The SMILES string of the molecule is COc1ccccc1OCCNC(=O)CSc1nnc(-c2ccc(F)cc2)n1N. The molecule has 1 aromatic heterocycles. The zero-order valence-electron chi connectivity index (χ0n) is 15.7. The van der Waals surface area contributed by atoms with Gasteiger partial charge in [0.15, 0.2) is 17.3 Å². The molecule has 0 aliphatic rings. The number of amides is 1. The lowest BCUT2D eigenvalue weighted by Crippen LogP contribution is -2.29. The average Bonchev–Trinajstić information content (AvgIpc) is 3.11. The van der Waals surface area contributed by atoms with Crippen molar-refractivity contribution in [3.05, 3.63) is 54.3 Å². The zero-order chi connectivity index (χ0) is 20.6. The maximum Gasteiger partial charge on any atom is 0.230 e. The van der Waals surface area contributed by atoms with Crippen LogP contribution in [0.3, 0.4) is 0 Å². The van der Waals surface area contributed by atoms with Gasteiger partial charge in [0, 0.05) is 5.56 Å². The zero-order valence-corrected chi connectivity index (χ0v) is 16.5. The monoisotopic (exact) mass is 417 g/mol. The van der Waals surface area contributed by atoms with E-state index in [-0.39, 0.29) is 17.5 Å². The Balaban J connectivity index is 1.44. The van der Waals surface area contributed by atoms with Crippen molar-refractivity contribution in [2.75, 3.05) is 31.9 Å². The van der Waals surface area contributed by atoms with Crippen molar-refractivity contribution < 1.29 is 18.7 Å². The summed E-state index contributed by atoms with van der Waals surface area (Å²) in [7, 11) is 1.57. The Labute approximate surface area is 171 Å². The highest BCUT2D eigenvalue weighted by atomic mass is 32.2. The summed E-state index contributed by atoms with van der Waals surface area (Å²) < 4.78 is 25.1. The number of carbonyl (C=O) groups is 1. The van der Waals surface area contributed by atoms with Crippen molar-refractivity contribution in [1.82, 2.24) is 20.2 Å². The van der Waals surface area contributed by atoms with Crippen molar-refractivity contribution in [2.45, 2.75) is 5.16 Å². The minimum absolute atomic E-state index is 0.118. The number of aromatic nitrogens is 3. The molecule has 1 amide bonds. The van der Waals surface area contributed by atoms with E-state index in [1.807, 2.05) is 12.1 Å². The molecule has 0 saturated heterocycles. The molecular formula is C19H20FN5O3S. The van der Waals surface area contributed by atoms with Gasteiger partial charge in [-0.15, -0.1) is 10.2 Å². The molecule has 8 nitrogen and oxygen atoms in total. The second-order valence-corrected chi connectivity index (χ2v) is 6.76. The second kappa shape index (κ2) is 9.78. The molecule has 0 aliphatic heterocycles. The van der Waals surface area contributed by atoms with Crippen molar-refractivity contribution in [3.8, 4) is 22.9 Å². The number of benzene rings is 2. The Kier molecular flexibility index (Phi) is 6.90. The fourth-order valence-corrected chi connectivity index (χ4v) is 3.13. The van der Waals surface area contributed by atoms with Gasteiger partial charge in [0.05, 0.1) is 19.4 Å².